The van der Waals surface area contributed by atoms with Crippen molar-refractivity contribution >= 4 is 39.1 Å². The maximum absolute atomic E-state index is 12.9. The highest BCUT2D eigenvalue weighted by atomic mass is 35.5. The van der Waals surface area contributed by atoms with Gasteiger partial charge in [-0.2, -0.15) is 18.4 Å². The first-order valence-corrected chi connectivity index (χ1v) is 8.01. The second kappa shape index (κ2) is 7.13. The highest BCUT2D eigenvalue weighted by molar-refractivity contribution is 7.74. The highest BCUT2D eigenvalue weighted by Gasteiger charge is 2.32. The van der Waals surface area contributed by atoms with E-state index in [-0.39, 0.29) is 11.3 Å². The molecule has 0 atom stereocenters. The van der Waals surface area contributed by atoms with Crippen molar-refractivity contribution in [1.29, 1.82) is 5.26 Å². The molecular formula is C15H8ClF3N2O3S. The van der Waals surface area contributed by atoms with Crippen LogP contribution in [0.3, 0.4) is 0 Å². The molecule has 0 spiro atoms. The van der Waals surface area contributed by atoms with Crippen molar-refractivity contribution in [3.63, 3.8) is 0 Å². The molecule has 0 saturated heterocycles. The second-order valence-corrected chi connectivity index (χ2v) is 5.93. The van der Waals surface area contributed by atoms with Crippen molar-refractivity contribution in [2.24, 2.45) is 0 Å². The van der Waals surface area contributed by atoms with Crippen molar-refractivity contribution < 1.29 is 26.4 Å². The number of thiol groups is 1. The summed E-state index contributed by atoms with van der Waals surface area (Å²) in [5.41, 5.74) is -1.90. The fourth-order valence-corrected chi connectivity index (χ4v) is 2.87. The van der Waals surface area contributed by atoms with Gasteiger partial charge in [0, 0.05) is 0 Å². The van der Waals surface area contributed by atoms with Crippen molar-refractivity contribution in [3.8, 4) is 6.07 Å². The van der Waals surface area contributed by atoms with Gasteiger partial charge in [-0.25, -0.2) is 12.7 Å². The van der Waals surface area contributed by atoms with Crippen LogP contribution in [-0.4, -0.2) is 13.7 Å². The zero-order chi connectivity index (χ0) is 18.8. The summed E-state index contributed by atoms with van der Waals surface area (Å²) >= 11 is 5.37. The summed E-state index contributed by atoms with van der Waals surface area (Å²) in [6.45, 7) is 0. The first-order chi connectivity index (χ1) is 11.6. The quantitative estimate of drug-likeness (QED) is 0.641. The highest BCUT2D eigenvalue weighted by Crippen LogP contribution is 2.36. The Balaban J connectivity index is 2.71. The van der Waals surface area contributed by atoms with Crippen LogP contribution in [0.1, 0.15) is 21.5 Å². The average Bonchev–Trinajstić information content (AvgIpc) is 2.54. The van der Waals surface area contributed by atoms with Gasteiger partial charge in [0.1, 0.15) is 0 Å². The lowest BCUT2D eigenvalue weighted by Gasteiger charge is -2.21. The number of alkyl halides is 3. The molecule has 5 nitrogen and oxygen atoms in total. The van der Waals surface area contributed by atoms with Crippen LogP contribution in [0.2, 0.25) is 0 Å². The van der Waals surface area contributed by atoms with E-state index >= 15 is 0 Å². The summed E-state index contributed by atoms with van der Waals surface area (Å²) in [5.74, 6) is 0. The molecule has 0 amide bonds. The lowest BCUT2D eigenvalue weighted by molar-refractivity contribution is -0.137. The number of anilines is 2. The van der Waals surface area contributed by atoms with Crippen molar-refractivity contribution in [2.75, 3.05) is 4.31 Å². The number of nitrogens with zero attached hydrogens (tertiary/aromatic N) is 2. The van der Waals surface area contributed by atoms with Gasteiger partial charge in [-0.3, -0.25) is 4.79 Å². The Morgan fingerprint density at radius 2 is 1.72 bits per heavy atom. The Labute approximate surface area is 146 Å². The fraction of sp³-hybridized carbons (Fsp3) is 0.0667. The SMILES string of the molecule is N#Cc1ccc(N(c2cc(C(F)(F)F)ccc2C(=O)Cl)[SH](=O)=O)cc1. The normalized spacial score (nSPS) is 11.2. The number of hydrogen-bond donors (Lipinski definition) is 1. The summed E-state index contributed by atoms with van der Waals surface area (Å²) in [7, 11) is -3.45. The standard InChI is InChI=1S/C15H8ClF3N2O3S/c16-14(22)12-6-3-10(15(17,18)19)7-13(12)21(25(23)24)11-4-1-9(8-20)2-5-11/h1-7,25H. The molecule has 2 aromatic rings. The third kappa shape index (κ3) is 4.10. The Hall–Kier alpha value is -2.57. The van der Waals surface area contributed by atoms with Gasteiger partial charge in [-0.05, 0) is 54.1 Å². The largest absolute Gasteiger partial charge is 0.416 e. The van der Waals surface area contributed by atoms with Crippen LogP contribution in [-0.2, 0) is 17.1 Å². The lowest BCUT2D eigenvalue weighted by atomic mass is 10.1. The van der Waals surface area contributed by atoms with Gasteiger partial charge in [0.25, 0.3) is 5.24 Å². The average molecular weight is 389 g/mol. The van der Waals surface area contributed by atoms with Gasteiger partial charge in [-0.15, -0.1) is 0 Å². The summed E-state index contributed by atoms with van der Waals surface area (Å²) < 4.78 is 62.7. The van der Waals surface area contributed by atoms with E-state index in [9.17, 15) is 26.4 Å². The molecule has 2 rings (SSSR count). The molecule has 130 valence electrons. The molecule has 10 heteroatoms. The number of benzene rings is 2. The van der Waals surface area contributed by atoms with Crippen molar-refractivity contribution in [2.45, 2.75) is 6.18 Å². The minimum Gasteiger partial charge on any atom is -0.276 e. The van der Waals surface area contributed by atoms with Gasteiger partial charge in [0.05, 0.1) is 34.1 Å². The lowest BCUT2D eigenvalue weighted by Crippen LogP contribution is -2.18. The topological polar surface area (TPSA) is 78.2 Å². The van der Waals surface area contributed by atoms with Gasteiger partial charge < -0.3 is 0 Å². The molecular weight excluding hydrogens is 381 g/mol. The summed E-state index contributed by atoms with van der Waals surface area (Å²) in [5, 5.41) is 7.65. The molecule has 0 aliphatic heterocycles. The number of carbonyl (C=O) groups excluding carboxylic acids is 1. The first-order valence-electron chi connectivity index (χ1n) is 6.51. The molecule has 0 aliphatic rings. The van der Waals surface area contributed by atoms with E-state index in [1.807, 2.05) is 6.07 Å². The molecule has 25 heavy (non-hydrogen) atoms. The number of nitriles is 1. The number of halogens is 4. The summed E-state index contributed by atoms with van der Waals surface area (Å²) in [6.07, 6.45) is -4.74. The third-order valence-corrected chi connectivity index (χ3v) is 4.15. The summed E-state index contributed by atoms with van der Waals surface area (Å²) in [6, 6.07) is 8.83. The molecule has 0 bridgehead atoms. The maximum atomic E-state index is 12.9. The minimum absolute atomic E-state index is 0.0476. The second-order valence-electron chi connectivity index (χ2n) is 4.71. The zero-order valence-corrected chi connectivity index (χ0v) is 13.8. The maximum Gasteiger partial charge on any atom is 0.416 e. The Kier molecular flexibility index (Phi) is 5.35. The van der Waals surface area contributed by atoms with E-state index in [0.29, 0.717) is 16.4 Å². The predicted octanol–water partition coefficient (Wildman–Crippen LogP) is 3.62. The molecule has 2 aromatic carbocycles. The molecule has 0 aromatic heterocycles. The number of hydrogen-bond acceptors (Lipinski definition) is 4. The zero-order valence-electron chi connectivity index (χ0n) is 12.1. The van der Waals surface area contributed by atoms with E-state index in [4.69, 9.17) is 16.9 Å². The van der Waals surface area contributed by atoms with Crippen LogP contribution >= 0.6 is 11.6 Å². The molecule has 0 aliphatic carbocycles. The van der Waals surface area contributed by atoms with Gasteiger partial charge in [0.15, 0.2) is 0 Å². The van der Waals surface area contributed by atoms with Crippen molar-refractivity contribution in [3.05, 3.63) is 59.2 Å². The molecule has 0 heterocycles. The molecule has 0 fully saturated rings. The minimum atomic E-state index is -4.74. The molecule has 0 radical (unpaired) electrons. The Morgan fingerprint density at radius 3 is 2.16 bits per heavy atom. The van der Waals surface area contributed by atoms with E-state index in [2.05, 4.69) is 0 Å². The summed E-state index contributed by atoms with van der Waals surface area (Å²) in [4.78, 5) is 11.5. The van der Waals surface area contributed by atoms with Crippen LogP contribution in [0.4, 0.5) is 24.5 Å². The number of carbonyl (C=O) groups is 1. The van der Waals surface area contributed by atoms with Crippen LogP contribution in [0.15, 0.2) is 42.5 Å². The Bertz CT molecular complexity index is 927. The van der Waals surface area contributed by atoms with Crippen LogP contribution in [0.25, 0.3) is 0 Å². The molecule has 0 N–H and O–H groups in total. The first kappa shape index (κ1) is 18.8. The van der Waals surface area contributed by atoms with Crippen LogP contribution in [0, 0.1) is 11.3 Å². The van der Waals surface area contributed by atoms with E-state index in [1.165, 1.54) is 24.3 Å². The number of rotatable bonds is 4. The monoisotopic (exact) mass is 388 g/mol. The van der Waals surface area contributed by atoms with E-state index in [1.54, 1.807) is 0 Å². The Morgan fingerprint density at radius 1 is 1.12 bits per heavy atom. The fourth-order valence-electron chi connectivity index (χ4n) is 2.05. The van der Waals surface area contributed by atoms with Crippen LogP contribution in [0.5, 0.6) is 0 Å². The van der Waals surface area contributed by atoms with E-state index in [0.717, 1.165) is 6.07 Å². The van der Waals surface area contributed by atoms with Crippen LogP contribution < -0.4 is 4.31 Å². The predicted molar refractivity (Wildman–Crippen MR) is 85.2 cm³/mol. The smallest absolute Gasteiger partial charge is 0.276 e. The molecule has 0 saturated carbocycles. The van der Waals surface area contributed by atoms with Gasteiger partial charge in [0.2, 0.25) is 10.9 Å². The van der Waals surface area contributed by atoms with Gasteiger partial charge >= 0.3 is 6.18 Å². The third-order valence-electron chi connectivity index (χ3n) is 3.17. The van der Waals surface area contributed by atoms with Crippen molar-refractivity contribution in [1.82, 2.24) is 0 Å². The molecule has 0 unspecified atom stereocenters. The van der Waals surface area contributed by atoms with Gasteiger partial charge in [-0.1, -0.05) is 0 Å². The van der Waals surface area contributed by atoms with E-state index < -0.39 is 39.1 Å².